The third-order valence-corrected chi connectivity index (χ3v) is 3.41. The van der Waals surface area contributed by atoms with E-state index in [4.69, 9.17) is 0 Å². The van der Waals surface area contributed by atoms with Gasteiger partial charge in [0.05, 0.1) is 0 Å². The normalized spacial score (nSPS) is 10.2. The molecule has 1 N–H and O–H groups in total. The molecule has 6 heteroatoms. The number of aromatic nitrogens is 2. The molecule has 2 rings (SSSR count). The van der Waals surface area contributed by atoms with Crippen LogP contribution in [0.4, 0.5) is 5.82 Å². The van der Waals surface area contributed by atoms with E-state index >= 15 is 0 Å². The van der Waals surface area contributed by atoms with Gasteiger partial charge in [0.25, 0.3) is 0 Å². The Hall–Kier alpha value is -2.76. The molecule has 0 aliphatic carbocycles. The summed E-state index contributed by atoms with van der Waals surface area (Å²) in [6.45, 7) is 4.62. The fourth-order valence-corrected chi connectivity index (χ4v) is 2.14. The van der Waals surface area contributed by atoms with Crippen LogP contribution in [-0.2, 0) is 16.0 Å². The lowest BCUT2D eigenvalue weighted by Crippen LogP contribution is -2.40. The van der Waals surface area contributed by atoms with E-state index in [2.05, 4.69) is 15.3 Å². The van der Waals surface area contributed by atoms with Crippen LogP contribution in [0.1, 0.15) is 18.2 Å². The number of carbonyl (C=O) groups excluding carboxylic acids is 2. The molecule has 23 heavy (non-hydrogen) atoms. The first-order valence-corrected chi connectivity index (χ1v) is 7.53. The molecule has 2 aromatic heterocycles. The molecule has 120 valence electrons. The molecule has 0 unspecified atom stereocenters. The maximum atomic E-state index is 12.3. The van der Waals surface area contributed by atoms with Crippen molar-refractivity contribution in [3.8, 4) is 0 Å². The van der Waals surface area contributed by atoms with Crippen LogP contribution < -0.4 is 5.32 Å². The quantitative estimate of drug-likeness (QED) is 0.855. The van der Waals surface area contributed by atoms with Gasteiger partial charge in [-0.3, -0.25) is 14.6 Å². The summed E-state index contributed by atoms with van der Waals surface area (Å²) in [6, 6.07) is 9.06. The van der Waals surface area contributed by atoms with Crippen molar-refractivity contribution in [2.24, 2.45) is 0 Å². The van der Waals surface area contributed by atoms with E-state index in [-0.39, 0.29) is 0 Å². The Balaban J connectivity index is 1.94. The summed E-state index contributed by atoms with van der Waals surface area (Å²) in [7, 11) is 0. The third kappa shape index (κ3) is 4.88. The van der Waals surface area contributed by atoms with Crippen molar-refractivity contribution in [3.63, 3.8) is 0 Å². The Morgan fingerprint density at radius 3 is 2.57 bits per heavy atom. The Morgan fingerprint density at radius 1 is 1.17 bits per heavy atom. The van der Waals surface area contributed by atoms with E-state index in [1.165, 1.54) is 4.90 Å². The van der Waals surface area contributed by atoms with E-state index in [1.54, 1.807) is 24.5 Å². The molecule has 0 saturated carbocycles. The second kappa shape index (κ2) is 8.03. The van der Waals surface area contributed by atoms with Crippen LogP contribution in [0.15, 0.2) is 42.7 Å². The van der Waals surface area contributed by atoms with Gasteiger partial charge >= 0.3 is 11.8 Å². The predicted octanol–water partition coefficient (Wildman–Crippen LogP) is 1.81. The van der Waals surface area contributed by atoms with Crippen molar-refractivity contribution in [2.45, 2.75) is 20.3 Å². The number of nitrogens with one attached hydrogen (secondary N) is 1. The number of hydrogen-bond donors (Lipinski definition) is 1. The molecular formula is C17H20N4O2. The van der Waals surface area contributed by atoms with Crippen molar-refractivity contribution in [2.75, 3.05) is 18.4 Å². The molecule has 0 fully saturated rings. The molecule has 0 aliphatic rings. The zero-order valence-electron chi connectivity index (χ0n) is 13.3. The summed E-state index contributed by atoms with van der Waals surface area (Å²) in [4.78, 5) is 34.0. The molecule has 2 heterocycles. The van der Waals surface area contributed by atoms with E-state index < -0.39 is 11.8 Å². The zero-order chi connectivity index (χ0) is 16.7. The monoisotopic (exact) mass is 312 g/mol. The highest BCUT2D eigenvalue weighted by atomic mass is 16.2. The van der Waals surface area contributed by atoms with Crippen molar-refractivity contribution in [3.05, 3.63) is 54.0 Å². The smallest absolute Gasteiger partial charge is 0.315 e. The van der Waals surface area contributed by atoms with Crippen LogP contribution in [-0.4, -0.2) is 39.8 Å². The summed E-state index contributed by atoms with van der Waals surface area (Å²) < 4.78 is 0. The molecule has 0 atom stereocenters. The lowest BCUT2D eigenvalue weighted by Gasteiger charge is -2.20. The van der Waals surface area contributed by atoms with Crippen LogP contribution in [0.25, 0.3) is 0 Å². The number of pyridine rings is 2. The van der Waals surface area contributed by atoms with Crippen molar-refractivity contribution < 1.29 is 9.59 Å². The van der Waals surface area contributed by atoms with Crippen LogP contribution in [0, 0.1) is 6.92 Å². The molecule has 0 bridgehead atoms. The SMILES string of the molecule is CCN(CCc1ccncc1)C(=O)C(=O)Nc1cccc(C)n1. The second-order valence-corrected chi connectivity index (χ2v) is 5.11. The average Bonchev–Trinajstić information content (AvgIpc) is 2.56. The van der Waals surface area contributed by atoms with Gasteiger partial charge in [-0.2, -0.15) is 0 Å². The highest BCUT2D eigenvalue weighted by molar-refractivity contribution is 6.39. The van der Waals surface area contributed by atoms with Gasteiger partial charge in [0.15, 0.2) is 0 Å². The van der Waals surface area contributed by atoms with E-state index in [1.807, 2.05) is 32.0 Å². The maximum absolute atomic E-state index is 12.3. The minimum absolute atomic E-state index is 0.383. The van der Waals surface area contributed by atoms with Gasteiger partial charge in [0.2, 0.25) is 0 Å². The first-order valence-electron chi connectivity index (χ1n) is 7.53. The summed E-state index contributed by atoms with van der Waals surface area (Å²) in [5, 5.41) is 2.54. The van der Waals surface area contributed by atoms with Gasteiger partial charge in [0, 0.05) is 31.2 Å². The lowest BCUT2D eigenvalue weighted by atomic mass is 10.2. The van der Waals surface area contributed by atoms with E-state index in [0.717, 1.165) is 11.3 Å². The minimum atomic E-state index is -0.667. The molecule has 0 spiro atoms. The number of amides is 2. The molecule has 0 aromatic carbocycles. The Bertz CT molecular complexity index is 673. The van der Waals surface area contributed by atoms with Crippen molar-refractivity contribution >= 4 is 17.6 Å². The lowest BCUT2D eigenvalue weighted by molar-refractivity contribution is -0.143. The number of nitrogens with zero attached hydrogens (tertiary/aromatic N) is 3. The second-order valence-electron chi connectivity index (χ2n) is 5.11. The van der Waals surface area contributed by atoms with Gasteiger partial charge in [-0.25, -0.2) is 4.98 Å². The van der Waals surface area contributed by atoms with Gasteiger partial charge < -0.3 is 10.2 Å². The van der Waals surface area contributed by atoms with Crippen LogP contribution >= 0.6 is 0 Å². The number of rotatable bonds is 5. The van der Waals surface area contributed by atoms with Gasteiger partial charge in [0.1, 0.15) is 5.82 Å². The highest BCUT2D eigenvalue weighted by Gasteiger charge is 2.20. The number of carbonyl (C=O) groups is 2. The first kappa shape index (κ1) is 16.6. The molecule has 6 nitrogen and oxygen atoms in total. The van der Waals surface area contributed by atoms with Crippen LogP contribution in [0.5, 0.6) is 0 Å². The van der Waals surface area contributed by atoms with Gasteiger partial charge in [-0.1, -0.05) is 6.07 Å². The summed E-state index contributed by atoms with van der Waals surface area (Å²) in [5.74, 6) is -0.835. The zero-order valence-corrected chi connectivity index (χ0v) is 13.3. The molecule has 0 aliphatic heterocycles. The average molecular weight is 312 g/mol. The van der Waals surface area contributed by atoms with Crippen molar-refractivity contribution in [1.29, 1.82) is 0 Å². The predicted molar refractivity (Wildman–Crippen MR) is 87.8 cm³/mol. The van der Waals surface area contributed by atoms with Gasteiger partial charge in [-0.15, -0.1) is 0 Å². The maximum Gasteiger partial charge on any atom is 0.315 e. The van der Waals surface area contributed by atoms with Gasteiger partial charge in [-0.05, 0) is 50.1 Å². The standard InChI is InChI=1S/C17H20N4O2/c1-3-21(12-9-14-7-10-18-11-8-14)17(23)16(22)20-15-6-4-5-13(2)19-15/h4-8,10-11H,3,9,12H2,1-2H3,(H,19,20,22). The fourth-order valence-electron chi connectivity index (χ4n) is 2.14. The third-order valence-electron chi connectivity index (χ3n) is 3.41. The summed E-state index contributed by atoms with van der Waals surface area (Å²) >= 11 is 0. The number of likely N-dealkylation sites (N-methyl/N-ethyl adjacent to an activating group) is 1. The minimum Gasteiger partial charge on any atom is -0.334 e. The molecular weight excluding hydrogens is 292 g/mol. The molecule has 2 aromatic rings. The molecule has 0 saturated heterocycles. The topological polar surface area (TPSA) is 75.2 Å². The van der Waals surface area contributed by atoms with E-state index in [9.17, 15) is 9.59 Å². The summed E-state index contributed by atoms with van der Waals surface area (Å²) in [5.41, 5.74) is 1.85. The number of anilines is 1. The van der Waals surface area contributed by atoms with Crippen LogP contribution in [0.3, 0.4) is 0 Å². The van der Waals surface area contributed by atoms with E-state index in [0.29, 0.717) is 25.3 Å². The molecule has 0 radical (unpaired) electrons. The number of aryl methyl sites for hydroxylation is 1. The first-order chi connectivity index (χ1) is 11.1. The Labute approximate surface area is 135 Å². The largest absolute Gasteiger partial charge is 0.334 e. The number of hydrogen-bond acceptors (Lipinski definition) is 4. The Kier molecular flexibility index (Phi) is 5.80. The fraction of sp³-hybridized carbons (Fsp3) is 0.294. The highest BCUT2D eigenvalue weighted by Crippen LogP contribution is 2.05. The Morgan fingerprint density at radius 2 is 1.91 bits per heavy atom. The summed E-state index contributed by atoms with van der Waals surface area (Å²) in [6.07, 6.45) is 4.10. The van der Waals surface area contributed by atoms with Crippen LogP contribution in [0.2, 0.25) is 0 Å². The van der Waals surface area contributed by atoms with Crippen molar-refractivity contribution in [1.82, 2.24) is 14.9 Å². The molecule has 2 amide bonds.